The number of hydrogen-bond donors (Lipinski definition) is 0. The molecular weight excluding hydrogens is 146 g/mol. The molecule has 1 heterocycles. The maximum absolute atomic E-state index is 4.18. The Bertz CT molecular complexity index is 236. The van der Waals surface area contributed by atoms with Gasteiger partial charge in [-0.05, 0) is 20.1 Å². The van der Waals surface area contributed by atoms with Gasteiger partial charge in [0.15, 0.2) is 0 Å². The van der Waals surface area contributed by atoms with Crippen LogP contribution in [0.4, 0.5) is 0 Å². The van der Waals surface area contributed by atoms with E-state index in [9.17, 15) is 0 Å². The lowest BCUT2D eigenvalue weighted by atomic mass is 10.5. The van der Waals surface area contributed by atoms with Gasteiger partial charge in [0.1, 0.15) is 10.9 Å². The summed E-state index contributed by atoms with van der Waals surface area (Å²) in [5.41, 5.74) is 0.901. The number of nitrogens with zero attached hydrogens (tertiary/aromatic N) is 3. The molecular formula is C6H9N3S. The molecule has 0 unspecified atom stereocenters. The molecule has 54 valence electrons. The van der Waals surface area contributed by atoms with Crippen LogP contribution in [0.1, 0.15) is 11.5 Å². The van der Waals surface area contributed by atoms with Crippen LogP contribution in [-0.2, 0) is 0 Å². The van der Waals surface area contributed by atoms with Crippen molar-refractivity contribution in [2.45, 2.75) is 18.9 Å². The SMILES string of the molecule is CSc1nc(C)nnc1C. The van der Waals surface area contributed by atoms with Gasteiger partial charge in [-0.1, -0.05) is 0 Å². The number of aromatic nitrogens is 3. The molecule has 0 radical (unpaired) electrons. The summed E-state index contributed by atoms with van der Waals surface area (Å²) in [5.74, 6) is 0.731. The third-order valence-electron chi connectivity index (χ3n) is 1.11. The molecule has 0 aliphatic heterocycles. The van der Waals surface area contributed by atoms with Gasteiger partial charge in [0.05, 0.1) is 5.69 Å². The second-order valence-electron chi connectivity index (χ2n) is 1.95. The molecule has 4 heteroatoms. The standard InChI is InChI=1S/C6H9N3S/c1-4-6(10-3)7-5(2)9-8-4/h1-3H3. The Morgan fingerprint density at radius 1 is 1.20 bits per heavy atom. The molecule has 0 aliphatic rings. The lowest BCUT2D eigenvalue weighted by molar-refractivity contribution is 0.813. The molecule has 10 heavy (non-hydrogen) atoms. The summed E-state index contributed by atoms with van der Waals surface area (Å²) in [6.07, 6.45) is 1.98. The van der Waals surface area contributed by atoms with Crippen molar-refractivity contribution in [1.29, 1.82) is 0 Å². The molecule has 0 aromatic carbocycles. The summed E-state index contributed by atoms with van der Waals surface area (Å²) >= 11 is 1.60. The van der Waals surface area contributed by atoms with Crippen LogP contribution in [0.5, 0.6) is 0 Å². The van der Waals surface area contributed by atoms with Crippen LogP contribution in [0.15, 0.2) is 5.03 Å². The van der Waals surface area contributed by atoms with Gasteiger partial charge >= 0.3 is 0 Å². The van der Waals surface area contributed by atoms with Crippen LogP contribution in [0, 0.1) is 13.8 Å². The first-order valence-corrected chi connectivity index (χ1v) is 4.18. The van der Waals surface area contributed by atoms with Gasteiger partial charge < -0.3 is 0 Å². The van der Waals surface area contributed by atoms with Gasteiger partial charge in [0.25, 0.3) is 0 Å². The average molecular weight is 155 g/mol. The minimum absolute atomic E-state index is 0.731. The van der Waals surface area contributed by atoms with E-state index in [1.54, 1.807) is 11.8 Å². The molecule has 1 rings (SSSR count). The zero-order valence-corrected chi connectivity index (χ0v) is 7.07. The van der Waals surface area contributed by atoms with Crippen LogP contribution in [-0.4, -0.2) is 21.4 Å². The average Bonchev–Trinajstić information content (AvgIpc) is 1.94. The third-order valence-corrected chi connectivity index (χ3v) is 1.88. The molecule has 1 aromatic heterocycles. The predicted octanol–water partition coefficient (Wildman–Crippen LogP) is 1.21. The highest BCUT2D eigenvalue weighted by Gasteiger charge is 1.99. The molecule has 1 aromatic rings. The van der Waals surface area contributed by atoms with E-state index < -0.39 is 0 Å². The highest BCUT2D eigenvalue weighted by molar-refractivity contribution is 7.98. The summed E-state index contributed by atoms with van der Waals surface area (Å²) in [5, 5.41) is 8.69. The first kappa shape index (κ1) is 7.47. The number of hydrogen-bond acceptors (Lipinski definition) is 4. The highest BCUT2D eigenvalue weighted by atomic mass is 32.2. The number of aryl methyl sites for hydroxylation is 2. The molecule has 0 saturated carbocycles. The Labute approximate surface area is 64.3 Å². The van der Waals surface area contributed by atoms with E-state index in [-0.39, 0.29) is 0 Å². The topological polar surface area (TPSA) is 38.7 Å². The number of thioether (sulfide) groups is 1. The molecule has 0 N–H and O–H groups in total. The van der Waals surface area contributed by atoms with E-state index in [1.807, 2.05) is 20.1 Å². The van der Waals surface area contributed by atoms with E-state index in [0.29, 0.717) is 0 Å². The van der Waals surface area contributed by atoms with Crippen molar-refractivity contribution in [3.05, 3.63) is 11.5 Å². The molecule has 0 saturated heterocycles. The first-order valence-electron chi connectivity index (χ1n) is 2.96. The van der Waals surface area contributed by atoms with E-state index in [0.717, 1.165) is 16.5 Å². The summed E-state index contributed by atoms with van der Waals surface area (Å²) < 4.78 is 0. The first-order chi connectivity index (χ1) is 4.74. The lowest BCUT2D eigenvalue weighted by Crippen LogP contribution is -1.96. The normalized spacial score (nSPS) is 9.90. The second-order valence-corrected chi connectivity index (χ2v) is 2.75. The molecule has 0 fully saturated rings. The van der Waals surface area contributed by atoms with E-state index in [2.05, 4.69) is 15.2 Å². The van der Waals surface area contributed by atoms with E-state index >= 15 is 0 Å². The maximum atomic E-state index is 4.18. The van der Waals surface area contributed by atoms with Gasteiger partial charge in [-0.15, -0.1) is 16.9 Å². The van der Waals surface area contributed by atoms with Crippen molar-refractivity contribution >= 4 is 11.8 Å². The Hall–Kier alpha value is -0.640. The van der Waals surface area contributed by atoms with Gasteiger partial charge in [0.2, 0.25) is 0 Å². The van der Waals surface area contributed by atoms with Crippen LogP contribution in [0.2, 0.25) is 0 Å². The molecule has 0 atom stereocenters. The monoisotopic (exact) mass is 155 g/mol. The molecule has 0 aliphatic carbocycles. The zero-order valence-electron chi connectivity index (χ0n) is 6.25. The minimum atomic E-state index is 0.731. The maximum Gasteiger partial charge on any atom is 0.149 e. The molecule has 0 spiro atoms. The zero-order chi connectivity index (χ0) is 7.56. The smallest absolute Gasteiger partial charge is 0.149 e. The van der Waals surface area contributed by atoms with Crippen molar-refractivity contribution in [2.75, 3.05) is 6.26 Å². The highest BCUT2D eigenvalue weighted by Crippen LogP contribution is 2.12. The molecule has 3 nitrogen and oxygen atoms in total. The summed E-state index contributed by atoms with van der Waals surface area (Å²) in [6.45, 7) is 3.75. The Balaban J connectivity index is 3.09. The lowest BCUT2D eigenvalue weighted by Gasteiger charge is -1.97. The Kier molecular flexibility index (Phi) is 2.21. The van der Waals surface area contributed by atoms with Crippen molar-refractivity contribution in [3.63, 3.8) is 0 Å². The van der Waals surface area contributed by atoms with Crippen LogP contribution in [0.3, 0.4) is 0 Å². The van der Waals surface area contributed by atoms with Crippen molar-refractivity contribution < 1.29 is 0 Å². The Morgan fingerprint density at radius 3 is 2.40 bits per heavy atom. The summed E-state index contributed by atoms with van der Waals surface area (Å²) in [6, 6.07) is 0. The summed E-state index contributed by atoms with van der Waals surface area (Å²) in [4.78, 5) is 4.18. The predicted molar refractivity (Wildman–Crippen MR) is 41.1 cm³/mol. The quantitative estimate of drug-likeness (QED) is 0.571. The largest absolute Gasteiger partial charge is 0.223 e. The van der Waals surface area contributed by atoms with Gasteiger partial charge in [-0.25, -0.2) is 4.98 Å². The van der Waals surface area contributed by atoms with Crippen molar-refractivity contribution in [1.82, 2.24) is 15.2 Å². The van der Waals surface area contributed by atoms with Gasteiger partial charge in [-0.3, -0.25) is 0 Å². The third kappa shape index (κ3) is 1.44. The van der Waals surface area contributed by atoms with Gasteiger partial charge in [0, 0.05) is 0 Å². The minimum Gasteiger partial charge on any atom is -0.223 e. The fraction of sp³-hybridized carbons (Fsp3) is 0.500. The van der Waals surface area contributed by atoms with E-state index in [4.69, 9.17) is 0 Å². The van der Waals surface area contributed by atoms with Crippen LogP contribution < -0.4 is 0 Å². The molecule has 0 bridgehead atoms. The van der Waals surface area contributed by atoms with Gasteiger partial charge in [-0.2, -0.15) is 5.10 Å². The van der Waals surface area contributed by atoms with Crippen LogP contribution >= 0.6 is 11.8 Å². The molecule has 0 amide bonds. The summed E-state index contributed by atoms with van der Waals surface area (Å²) in [7, 11) is 0. The van der Waals surface area contributed by atoms with Crippen LogP contribution in [0.25, 0.3) is 0 Å². The fourth-order valence-electron chi connectivity index (χ4n) is 0.634. The second kappa shape index (κ2) is 2.96. The number of rotatable bonds is 1. The van der Waals surface area contributed by atoms with Crippen molar-refractivity contribution in [3.8, 4) is 0 Å². The van der Waals surface area contributed by atoms with E-state index in [1.165, 1.54) is 0 Å². The van der Waals surface area contributed by atoms with Crippen molar-refractivity contribution in [2.24, 2.45) is 0 Å². The fourth-order valence-corrected chi connectivity index (χ4v) is 1.19. The Morgan fingerprint density at radius 2 is 1.90 bits per heavy atom.